The predicted molar refractivity (Wildman–Crippen MR) is 77.0 cm³/mol. The number of aliphatic carboxylic acids is 1. The highest BCUT2D eigenvalue weighted by atomic mass is 16.4. The van der Waals surface area contributed by atoms with Gasteiger partial charge in [-0.05, 0) is 33.3 Å². The molecule has 1 atom stereocenters. The minimum Gasteiger partial charge on any atom is -0.479 e. The maximum Gasteiger partial charge on any atom is 0.330 e. The predicted octanol–water partition coefficient (Wildman–Crippen LogP) is 1.69. The molecule has 4 N–H and O–H groups in total. The molecule has 0 aliphatic rings. The van der Waals surface area contributed by atoms with Gasteiger partial charge in [-0.2, -0.15) is 0 Å². The Labute approximate surface area is 119 Å². The van der Waals surface area contributed by atoms with Crippen molar-refractivity contribution in [2.75, 3.05) is 0 Å². The van der Waals surface area contributed by atoms with Gasteiger partial charge in [-0.3, -0.25) is 4.79 Å². The van der Waals surface area contributed by atoms with Crippen LogP contribution in [-0.4, -0.2) is 22.5 Å². The lowest BCUT2D eigenvalue weighted by Crippen LogP contribution is -2.56. The number of carbonyl (C=O) groups excluding carboxylic acids is 1. The summed E-state index contributed by atoms with van der Waals surface area (Å²) in [7, 11) is 0. The zero-order valence-corrected chi connectivity index (χ0v) is 12.3. The molecule has 1 aromatic rings. The van der Waals surface area contributed by atoms with Crippen molar-refractivity contribution in [1.82, 2.24) is 5.32 Å². The van der Waals surface area contributed by atoms with Crippen LogP contribution in [0.2, 0.25) is 0 Å². The number of rotatable bonds is 5. The molecule has 5 heteroatoms. The fraction of sp³-hybridized carbons (Fsp3) is 0.467. The highest BCUT2D eigenvalue weighted by Crippen LogP contribution is 2.29. The van der Waals surface area contributed by atoms with Crippen LogP contribution in [-0.2, 0) is 9.59 Å². The third-order valence-corrected chi connectivity index (χ3v) is 3.83. The first-order chi connectivity index (χ1) is 9.07. The summed E-state index contributed by atoms with van der Waals surface area (Å²) < 4.78 is 0. The molecule has 0 bridgehead atoms. The van der Waals surface area contributed by atoms with Crippen molar-refractivity contribution in [3.63, 3.8) is 0 Å². The van der Waals surface area contributed by atoms with Gasteiger partial charge in [-0.15, -0.1) is 0 Å². The van der Waals surface area contributed by atoms with Crippen LogP contribution in [0.1, 0.15) is 39.3 Å². The van der Waals surface area contributed by atoms with E-state index in [0.29, 0.717) is 5.56 Å². The molecule has 20 heavy (non-hydrogen) atoms. The first-order valence-electron chi connectivity index (χ1n) is 6.45. The molecule has 5 nitrogen and oxygen atoms in total. The molecule has 0 radical (unpaired) electrons. The number of carboxylic acids is 1. The lowest BCUT2D eigenvalue weighted by molar-refractivity contribution is -0.144. The third kappa shape index (κ3) is 3.36. The average Bonchev–Trinajstić information content (AvgIpc) is 2.34. The maximum absolute atomic E-state index is 12.3. The molecule has 0 saturated carbocycles. The van der Waals surface area contributed by atoms with Gasteiger partial charge in [0, 0.05) is 5.54 Å². The largest absolute Gasteiger partial charge is 0.479 e. The summed E-state index contributed by atoms with van der Waals surface area (Å²) in [5.74, 6) is -1.49. The van der Waals surface area contributed by atoms with Gasteiger partial charge < -0.3 is 16.2 Å². The first-order valence-corrected chi connectivity index (χ1v) is 6.45. The topological polar surface area (TPSA) is 92.4 Å². The molecule has 0 aliphatic heterocycles. The molecule has 0 spiro atoms. The smallest absolute Gasteiger partial charge is 0.330 e. The lowest BCUT2D eigenvalue weighted by Gasteiger charge is -2.37. The van der Waals surface area contributed by atoms with Crippen LogP contribution in [0.15, 0.2) is 30.3 Å². The quantitative estimate of drug-likeness (QED) is 0.764. The zero-order chi connectivity index (χ0) is 15.6. The number of nitrogens with one attached hydrogen (secondary N) is 1. The summed E-state index contributed by atoms with van der Waals surface area (Å²) in [6.45, 7) is 6.88. The van der Waals surface area contributed by atoms with Crippen molar-refractivity contribution >= 4 is 11.9 Å². The second kappa shape index (κ2) is 5.63. The van der Waals surface area contributed by atoms with E-state index < -0.39 is 23.0 Å². The fourth-order valence-electron chi connectivity index (χ4n) is 1.54. The molecule has 1 amide bonds. The van der Waals surface area contributed by atoms with Crippen molar-refractivity contribution in [1.29, 1.82) is 0 Å². The van der Waals surface area contributed by atoms with E-state index in [0.717, 1.165) is 0 Å². The van der Waals surface area contributed by atoms with Crippen LogP contribution in [0.5, 0.6) is 0 Å². The number of nitrogens with two attached hydrogens (primary N) is 1. The van der Waals surface area contributed by atoms with E-state index in [1.165, 1.54) is 0 Å². The van der Waals surface area contributed by atoms with Gasteiger partial charge in [0.05, 0.1) is 5.41 Å². The summed E-state index contributed by atoms with van der Waals surface area (Å²) in [6, 6.07) is 7.51. The van der Waals surface area contributed by atoms with E-state index in [2.05, 4.69) is 5.32 Å². The van der Waals surface area contributed by atoms with E-state index >= 15 is 0 Å². The summed E-state index contributed by atoms with van der Waals surface area (Å²) in [5.41, 5.74) is 4.86. The second-order valence-electron chi connectivity index (χ2n) is 6.00. The number of hydrogen-bond donors (Lipinski definition) is 3. The average molecular weight is 278 g/mol. The molecule has 0 saturated heterocycles. The Kier molecular flexibility index (Phi) is 4.55. The number of carbonyl (C=O) groups is 2. The van der Waals surface area contributed by atoms with Gasteiger partial charge in [0.25, 0.3) is 0 Å². The van der Waals surface area contributed by atoms with Crippen LogP contribution < -0.4 is 11.1 Å². The number of amides is 1. The van der Waals surface area contributed by atoms with Gasteiger partial charge in [0.2, 0.25) is 5.91 Å². The van der Waals surface area contributed by atoms with Crippen molar-refractivity contribution in [3.8, 4) is 0 Å². The Morgan fingerprint density at radius 1 is 1.15 bits per heavy atom. The first kappa shape index (κ1) is 16.2. The number of benzene rings is 1. The van der Waals surface area contributed by atoms with E-state index in [-0.39, 0.29) is 5.91 Å². The highest BCUT2D eigenvalue weighted by molar-refractivity contribution is 5.88. The van der Waals surface area contributed by atoms with Crippen LogP contribution in [0.25, 0.3) is 0 Å². The Morgan fingerprint density at radius 2 is 1.65 bits per heavy atom. The Hall–Kier alpha value is -1.88. The molecular formula is C15H22N2O3. The Morgan fingerprint density at radius 3 is 2.05 bits per heavy atom. The van der Waals surface area contributed by atoms with E-state index in [9.17, 15) is 14.7 Å². The lowest BCUT2D eigenvalue weighted by atomic mass is 9.74. The minimum absolute atomic E-state index is 0.388. The SMILES string of the molecule is CC(C)(N)C(C)(C)C(=O)N[C@@H](C(=O)O)c1ccccc1. The molecule has 0 fully saturated rings. The third-order valence-electron chi connectivity index (χ3n) is 3.83. The standard InChI is InChI=1S/C15H22N2O3/c1-14(2,15(3,4)16)13(20)17-11(12(18)19)10-8-6-5-7-9-10/h5-9,11H,16H2,1-4H3,(H,17,20)(H,18,19)/t11-/m1/s1. The van der Waals surface area contributed by atoms with Crippen LogP contribution >= 0.6 is 0 Å². The zero-order valence-electron chi connectivity index (χ0n) is 12.3. The highest BCUT2D eigenvalue weighted by Gasteiger charge is 2.41. The molecule has 110 valence electrons. The number of hydrogen-bond acceptors (Lipinski definition) is 3. The van der Waals surface area contributed by atoms with Gasteiger partial charge in [-0.1, -0.05) is 30.3 Å². The van der Waals surface area contributed by atoms with Crippen LogP contribution in [0.3, 0.4) is 0 Å². The van der Waals surface area contributed by atoms with E-state index in [1.807, 2.05) is 0 Å². The van der Waals surface area contributed by atoms with Crippen molar-refractivity contribution in [2.24, 2.45) is 11.1 Å². The monoisotopic (exact) mass is 278 g/mol. The number of carboxylic acid groups (broad SMARTS) is 1. The van der Waals surface area contributed by atoms with Crippen molar-refractivity contribution in [3.05, 3.63) is 35.9 Å². The van der Waals surface area contributed by atoms with Crippen LogP contribution in [0, 0.1) is 5.41 Å². The summed E-state index contributed by atoms with van der Waals surface area (Å²) in [4.78, 5) is 23.7. The van der Waals surface area contributed by atoms with Gasteiger partial charge in [-0.25, -0.2) is 4.79 Å². The van der Waals surface area contributed by atoms with Gasteiger partial charge in [0.15, 0.2) is 6.04 Å². The van der Waals surface area contributed by atoms with E-state index in [1.54, 1.807) is 58.0 Å². The summed E-state index contributed by atoms with van der Waals surface area (Å²) >= 11 is 0. The molecule has 0 heterocycles. The molecular weight excluding hydrogens is 256 g/mol. The molecule has 0 aliphatic carbocycles. The van der Waals surface area contributed by atoms with Crippen molar-refractivity contribution < 1.29 is 14.7 Å². The molecule has 0 aromatic heterocycles. The van der Waals surface area contributed by atoms with Gasteiger partial charge >= 0.3 is 5.97 Å². The van der Waals surface area contributed by atoms with Crippen molar-refractivity contribution in [2.45, 2.75) is 39.3 Å². The molecule has 1 rings (SSSR count). The Bertz CT molecular complexity index is 490. The maximum atomic E-state index is 12.3. The summed E-state index contributed by atoms with van der Waals surface area (Å²) in [5, 5.41) is 11.9. The Balaban J connectivity index is 2.99. The normalized spacial score (nSPS) is 13.7. The van der Waals surface area contributed by atoms with Crippen LogP contribution in [0.4, 0.5) is 0 Å². The minimum atomic E-state index is -1.10. The van der Waals surface area contributed by atoms with Gasteiger partial charge in [0.1, 0.15) is 0 Å². The molecule has 0 unspecified atom stereocenters. The second-order valence-corrected chi connectivity index (χ2v) is 6.00. The fourth-order valence-corrected chi connectivity index (χ4v) is 1.54. The summed E-state index contributed by atoms with van der Waals surface area (Å²) in [6.07, 6.45) is 0. The van der Waals surface area contributed by atoms with E-state index in [4.69, 9.17) is 5.73 Å². The molecule has 1 aromatic carbocycles.